The smallest absolute Gasteiger partial charge is 0.240 e. The highest BCUT2D eigenvalue weighted by Crippen LogP contribution is 2.29. The zero-order valence-corrected chi connectivity index (χ0v) is 16.2. The summed E-state index contributed by atoms with van der Waals surface area (Å²) in [6.45, 7) is 3.99. The van der Waals surface area contributed by atoms with E-state index in [1.807, 2.05) is 0 Å². The number of piperidine rings is 1. The van der Waals surface area contributed by atoms with Gasteiger partial charge in [-0.2, -0.15) is 0 Å². The van der Waals surface area contributed by atoms with E-state index in [1.54, 1.807) is 14.0 Å². The van der Waals surface area contributed by atoms with Gasteiger partial charge in [-0.25, -0.2) is 21.6 Å². The highest BCUT2D eigenvalue weighted by molar-refractivity contribution is 7.91. The lowest BCUT2D eigenvalue weighted by molar-refractivity contribution is 0.0577. The van der Waals surface area contributed by atoms with Crippen LogP contribution in [0.25, 0.3) is 0 Å². The summed E-state index contributed by atoms with van der Waals surface area (Å²) in [5, 5.41) is 3.26. The molecular weight excluding hydrogens is 364 g/mol. The zero-order valence-electron chi connectivity index (χ0n) is 14.6. The maximum Gasteiger partial charge on any atom is 0.240 e. The van der Waals surface area contributed by atoms with Gasteiger partial charge in [0.2, 0.25) is 10.0 Å². The topological polar surface area (TPSA) is 102 Å². The highest BCUT2D eigenvalue weighted by Gasteiger charge is 2.33. The van der Waals surface area contributed by atoms with E-state index in [0.29, 0.717) is 13.2 Å². The number of rotatable bonds is 8. The van der Waals surface area contributed by atoms with Crippen molar-refractivity contribution in [3.8, 4) is 0 Å². The lowest BCUT2D eigenvalue weighted by atomic mass is 9.80. The number of ether oxygens (including phenoxy) is 1. The number of hydrogen-bond acceptors (Lipinski definition) is 6. The number of hydrogen-bond donors (Lipinski definition) is 2. The van der Waals surface area contributed by atoms with Gasteiger partial charge in [0, 0.05) is 19.1 Å². The van der Waals surface area contributed by atoms with Gasteiger partial charge in [-0.3, -0.25) is 0 Å². The van der Waals surface area contributed by atoms with Gasteiger partial charge < -0.3 is 10.1 Å². The number of sulfone groups is 1. The molecule has 0 radical (unpaired) electrons. The molecule has 2 rings (SSSR count). The maximum atomic E-state index is 12.5. The van der Waals surface area contributed by atoms with Gasteiger partial charge in [0.15, 0.2) is 9.84 Å². The van der Waals surface area contributed by atoms with Crippen molar-refractivity contribution in [2.75, 3.05) is 39.1 Å². The molecule has 0 unspecified atom stereocenters. The normalized spacial score (nSPS) is 18.2. The van der Waals surface area contributed by atoms with Crippen molar-refractivity contribution < 1.29 is 21.6 Å². The van der Waals surface area contributed by atoms with Gasteiger partial charge in [0.25, 0.3) is 0 Å². The minimum atomic E-state index is -3.71. The number of sulfonamides is 1. The van der Waals surface area contributed by atoms with Crippen molar-refractivity contribution in [1.82, 2.24) is 10.0 Å². The molecule has 1 heterocycles. The fourth-order valence-electron chi connectivity index (χ4n) is 2.96. The molecule has 0 atom stereocenters. The van der Waals surface area contributed by atoms with E-state index >= 15 is 0 Å². The SMILES string of the molecule is CCS(=O)(=O)c1ccc(S(=O)(=O)NCC2(COC)CCNCC2)cc1. The standard InChI is InChI=1S/C16H26N2O5S2/c1-3-24(19,20)14-4-6-15(7-5-14)25(21,22)18-12-16(13-23-2)8-10-17-11-9-16/h4-7,17-18H,3,8-13H2,1-2H3. The fraction of sp³-hybridized carbons (Fsp3) is 0.625. The maximum absolute atomic E-state index is 12.5. The second-order valence-corrected chi connectivity index (χ2v) is 10.4. The Hall–Kier alpha value is -1.00. The summed E-state index contributed by atoms with van der Waals surface area (Å²) < 4.78 is 56.7. The molecule has 0 aliphatic carbocycles. The molecule has 1 saturated heterocycles. The molecule has 25 heavy (non-hydrogen) atoms. The molecule has 7 nitrogen and oxygen atoms in total. The summed E-state index contributed by atoms with van der Waals surface area (Å²) in [4.78, 5) is 0.187. The van der Waals surface area contributed by atoms with Crippen LogP contribution in [0.4, 0.5) is 0 Å². The fourth-order valence-corrected chi connectivity index (χ4v) is 5.00. The highest BCUT2D eigenvalue weighted by atomic mass is 32.2. The molecular formula is C16H26N2O5S2. The molecule has 0 amide bonds. The monoisotopic (exact) mass is 390 g/mol. The molecule has 0 spiro atoms. The van der Waals surface area contributed by atoms with Gasteiger partial charge in [-0.15, -0.1) is 0 Å². The zero-order chi connectivity index (χ0) is 18.6. The Labute approximate surface area is 150 Å². The third-order valence-corrected chi connectivity index (χ3v) is 7.79. The van der Waals surface area contributed by atoms with Crippen LogP contribution in [-0.2, 0) is 24.6 Å². The van der Waals surface area contributed by atoms with Crippen molar-refractivity contribution in [1.29, 1.82) is 0 Å². The third-order valence-electron chi connectivity index (χ3n) is 4.63. The lowest BCUT2D eigenvalue weighted by Gasteiger charge is -2.37. The largest absolute Gasteiger partial charge is 0.384 e. The van der Waals surface area contributed by atoms with Crippen LogP contribution in [-0.4, -0.2) is 55.9 Å². The molecule has 1 aromatic carbocycles. The van der Waals surface area contributed by atoms with Crippen LogP contribution in [0.2, 0.25) is 0 Å². The van der Waals surface area contributed by atoms with E-state index in [1.165, 1.54) is 24.3 Å². The number of nitrogens with one attached hydrogen (secondary N) is 2. The summed E-state index contributed by atoms with van der Waals surface area (Å²) in [7, 11) is -5.44. The summed E-state index contributed by atoms with van der Waals surface area (Å²) >= 11 is 0. The molecule has 0 saturated carbocycles. The van der Waals surface area contributed by atoms with E-state index in [-0.39, 0.29) is 21.0 Å². The van der Waals surface area contributed by atoms with Crippen LogP contribution in [0.3, 0.4) is 0 Å². The predicted molar refractivity (Wildman–Crippen MR) is 95.8 cm³/mol. The van der Waals surface area contributed by atoms with Crippen molar-refractivity contribution in [2.45, 2.75) is 29.6 Å². The first kappa shape index (κ1) is 20.3. The summed E-state index contributed by atoms with van der Waals surface area (Å²) in [6.07, 6.45) is 1.66. The van der Waals surface area contributed by atoms with Crippen LogP contribution in [0.1, 0.15) is 19.8 Å². The van der Waals surface area contributed by atoms with Crippen molar-refractivity contribution >= 4 is 19.9 Å². The molecule has 1 fully saturated rings. The Morgan fingerprint density at radius 3 is 2.16 bits per heavy atom. The van der Waals surface area contributed by atoms with Crippen LogP contribution >= 0.6 is 0 Å². The molecule has 9 heteroatoms. The summed E-state index contributed by atoms with van der Waals surface area (Å²) in [5.41, 5.74) is -0.224. The van der Waals surface area contributed by atoms with Crippen LogP contribution < -0.4 is 10.0 Å². The Bertz CT molecular complexity index is 762. The van der Waals surface area contributed by atoms with Crippen molar-refractivity contribution in [3.05, 3.63) is 24.3 Å². The van der Waals surface area contributed by atoms with Crippen LogP contribution in [0, 0.1) is 5.41 Å². The molecule has 1 aliphatic heterocycles. The van der Waals surface area contributed by atoms with Crippen LogP contribution in [0.5, 0.6) is 0 Å². The van der Waals surface area contributed by atoms with Gasteiger partial charge in [0.1, 0.15) is 0 Å². The molecule has 1 aliphatic rings. The first-order chi connectivity index (χ1) is 11.7. The van der Waals surface area contributed by atoms with E-state index in [4.69, 9.17) is 4.74 Å². The Morgan fingerprint density at radius 2 is 1.64 bits per heavy atom. The molecule has 2 N–H and O–H groups in total. The van der Waals surface area contributed by atoms with Gasteiger partial charge in [-0.1, -0.05) is 6.92 Å². The third kappa shape index (κ3) is 5.01. The quantitative estimate of drug-likeness (QED) is 0.680. The molecule has 0 bridgehead atoms. The van der Waals surface area contributed by atoms with E-state index in [0.717, 1.165) is 25.9 Å². The number of methoxy groups -OCH3 is 1. The Morgan fingerprint density at radius 1 is 1.08 bits per heavy atom. The molecule has 1 aromatic rings. The van der Waals surface area contributed by atoms with Crippen molar-refractivity contribution in [3.63, 3.8) is 0 Å². The van der Waals surface area contributed by atoms with Gasteiger partial charge in [-0.05, 0) is 50.2 Å². The van der Waals surface area contributed by atoms with Crippen LogP contribution in [0.15, 0.2) is 34.1 Å². The van der Waals surface area contributed by atoms with Gasteiger partial charge in [0.05, 0.1) is 22.2 Å². The first-order valence-electron chi connectivity index (χ1n) is 8.27. The minimum absolute atomic E-state index is 0.0229. The predicted octanol–water partition coefficient (Wildman–Crippen LogP) is 0.775. The average Bonchev–Trinajstić information content (AvgIpc) is 2.61. The van der Waals surface area contributed by atoms with Crippen molar-refractivity contribution in [2.24, 2.45) is 5.41 Å². The van der Waals surface area contributed by atoms with Gasteiger partial charge >= 0.3 is 0 Å². The van der Waals surface area contributed by atoms with E-state index in [9.17, 15) is 16.8 Å². The summed E-state index contributed by atoms with van der Waals surface area (Å²) in [5.74, 6) is -0.0229. The molecule has 0 aromatic heterocycles. The Kier molecular flexibility index (Phi) is 6.61. The first-order valence-corrected chi connectivity index (χ1v) is 11.4. The second-order valence-electron chi connectivity index (χ2n) is 6.38. The minimum Gasteiger partial charge on any atom is -0.384 e. The van der Waals surface area contributed by atoms with E-state index in [2.05, 4.69) is 10.0 Å². The van der Waals surface area contributed by atoms with E-state index < -0.39 is 19.9 Å². The average molecular weight is 391 g/mol. The number of benzene rings is 1. The Balaban J connectivity index is 2.13. The lowest BCUT2D eigenvalue weighted by Crippen LogP contribution is -2.47. The second kappa shape index (κ2) is 8.13. The summed E-state index contributed by atoms with van der Waals surface area (Å²) in [6, 6.07) is 5.33. The molecule has 142 valence electrons.